The fourth-order valence-electron chi connectivity index (χ4n) is 2.79. The van der Waals surface area contributed by atoms with Crippen LogP contribution in [0.3, 0.4) is 0 Å². The molecule has 3 rings (SSSR count). The molecule has 146 valence electrons. The van der Waals surface area contributed by atoms with Crippen LogP contribution in [-0.4, -0.2) is 29.6 Å². The molecular formula is C21H21FN2O3S. The van der Waals surface area contributed by atoms with Gasteiger partial charge in [0.15, 0.2) is 6.61 Å². The highest BCUT2D eigenvalue weighted by Crippen LogP contribution is 2.31. The molecule has 0 atom stereocenters. The molecule has 7 heteroatoms. The van der Waals surface area contributed by atoms with E-state index < -0.39 is 11.9 Å². The number of nitrogens with one attached hydrogen (secondary N) is 1. The zero-order valence-corrected chi connectivity index (χ0v) is 16.5. The van der Waals surface area contributed by atoms with Gasteiger partial charge in [0, 0.05) is 23.8 Å². The van der Waals surface area contributed by atoms with Crippen LogP contribution >= 0.6 is 11.3 Å². The van der Waals surface area contributed by atoms with Gasteiger partial charge >= 0.3 is 5.97 Å². The SMILES string of the molecule is Cc1sc(-n2cccc2)c(C(=O)OCC(=O)NCCc2ccccc2F)c1C. The Morgan fingerprint density at radius 2 is 1.86 bits per heavy atom. The van der Waals surface area contributed by atoms with E-state index in [0.29, 0.717) is 17.5 Å². The first kappa shape index (κ1) is 19.8. The molecule has 0 radical (unpaired) electrons. The van der Waals surface area contributed by atoms with E-state index in [1.165, 1.54) is 17.4 Å². The topological polar surface area (TPSA) is 60.3 Å². The van der Waals surface area contributed by atoms with E-state index in [1.54, 1.807) is 18.2 Å². The molecule has 1 aromatic carbocycles. The minimum absolute atomic E-state index is 0.266. The molecule has 5 nitrogen and oxygen atoms in total. The average Bonchev–Trinajstić information content (AvgIpc) is 3.30. The summed E-state index contributed by atoms with van der Waals surface area (Å²) in [6, 6.07) is 10.2. The average molecular weight is 400 g/mol. The number of carbonyl (C=O) groups is 2. The lowest BCUT2D eigenvalue weighted by Gasteiger charge is -2.09. The molecule has 3 aromatic rings. The molecule has 0 fully saturated rings. The van der Waals surface area contributed by atoms with Gasteiger partial charge in [0.2, 0.25) is 0 Å². The highest BCUT2D eigenvalue weighted by atomic mass is 32.1. The van der Waals surface area contributed by atoms with Crippen molar-refractivity contribution in [1.82, 2.24) is 9.88 Å². The quantitative estimate of drug-likeness (QED) is 0.614. The molecule has 0 bridgehead atoms. The normalized spacial score (nSPS) is 10.7. The minimum atomic E-state index is -0.533. The third kappa shape index (κ3) is 4.48. The van der Waals surface area contributed by atoms with Crippen LogP contribution in [0.2, 0.25) is 0 Å². The number of nitrogens with zero attached hydrogens (tertiary/aromatic N) is 1. The van der Waals surface area contributed by atoms with Gasteiger partial charge in [-0.05, 0) is 49.6 Å². The monoisotopic (exact) mass is 400 g/mol. The van der Waals surface area contributed by atoms with Gasteiger partial charge in [-0.25, -0.2) is 9.18 Å². The number of halogens is 1. The van der Waals surface area contributed by atoms with Crippen molar-refractivity contribution in [3.8, 4) is 5.00 Å². The Kier molecular flexibility index (Phi) is 6.26. The van der Waals surface area contributed by atoms with Crippen LogP contribution in [0.15, 0.2) is 48.8 Å². The fraction of sp³-hybridized carbons (Fsp3) is 0.238. The van der Waals surface area contributed by atoms with E-state index in [2.05, 4.69) is 5.32 Å². The molecule has 0 spiro atoms. The highest BCUT2D eigenvalue weighted by Gasteiger charge is 2.22. The molecule has 1 N–H and O–H groups in total. The van der Waals surface area contributed by atoms with E-state index in [0.717, 1.165) is 15.4 Å². The number of benzene rings is 1. The molecule has 28 heavy (non-hydrogen) atoms. The lowest BCUT2D eigenvalue weighted by molar-refractivity contribution is -0.124. The summed E-state index contributed by atoms with van der Waals surface area (Å²) in [5, 5.41) is 3.41. The third-order valence-corrected chi connectivity index (χ3v) is 5.64. The van der Waals surface area contributed by atoms with E-state index in [9.17, 15) is 14.0 Å². The molecule has 0 aliphatic rings. The molecule has 1 amide bonds. The number of hydrogen-bond donors (Lipinski definition) is 1. The molecule has 0 saturated carbocycles. The standard InChI is InChI=1S/C21H21FN2O3S/c1-14-15(2)28-20(24-11-5-6-12-24)19(14)21(26)27-13-18(25)23-10-9-16-7-3-4-8-17(16)22/h3-8,11-12H,9-10,13H2,1-2H3,(H,23,25). The highest BCUT2D eigenvalue weighted by molar-refractivity contribution is 7.15. The molecular weight excluding hydrogens is 379 g/mol. The predicted octanol–water partition coefficient (Wildman–Crippen LogP) is 3.81. The van der Waals surface area contributed by atoms with E-state index in [-0.39, 0.29) is 19.0 Å². The summed E-state index contributed by atoms with van der Waals surface area (Å²) >= 11 is 1.50. The van der Waals surface area contributed by atoms with Gasteiger partial charge in [-0.3, -0.25) is 4.79 Å². The number of ether oxygens (including phenoxy) is 1. The van der Waals surface area contributed by atoms with Gasteiger partial charge < -0.3 is 14.6 Å². The second kappa shape index (κ2) is 8.84. The summed E-state index contributed by atoms with van der Waals surface area (Å²) < 4.78 is 20.6. The number of amides is 1. The van der Waals surface area contributed by atoms with Crippen molar-refractivity contribution in [2.24, 2.45) is 0 Å². The summed E-state index contributed by atoms with van der Waals surface area (Å²) in [4.78, 5) is 25.6. The van der Waals surface area contributed by atoms with Crippen molar-refractivity contribution >= 4 is 23.2 Å². The summed E-state index contributed by atoms with van der Waals surface area (Å²) in [6.45, 7) is 3.70. The first-order valence-corrected chi connectivity index (χ1v) is 9.69. The molecule has 0 aliphatic heterocycles. The Hall–Kier alpha value is -2.93. The van der Waals surface area contributed by atoms with Gasteiger partial charge in [-0.15, -0.1) is 11.3 Å². The molecule has 2 heterocycles. The van der Waals surface area contributed by atoms with Crippen molar-refractivity contribution < 1.29 is 18.7 Å². The third-order valence-electron chi connectivity index (χ3n) is 4.42. The van der Waals surface area contributed by atoms with Crippen molar-refractivity contribution in [2.45, 2.75) is 20.3 Å². The number of carbonyl (C=O) groups excluding carboxylic acids is 2. The lowest BCUT2D eigenvalue weighted by Crippen LogP contribution is -2.30. The second-order valence-corrected chi connectivity index (χ2v) is 7.52. The summed E-state index contributed by atoms with van der Waals surface area (Å²) in [7, 11) is 0. The number of rotatable bonds is 7. The largest absolute Gasteiger partial charge is 0.452 e. The van der Waals surface area contributed by atoms with Crippen molar-refractivity contribution in [2.75, 3.05) is 13.2 Å². The van der Waals surface area contributed by atoms with Gasteiger partial charge in [0.1, 0.15) is 10.8 Å². The molecule has 0 unspecified atom stereocenters. The number of thiophene rings is 1. The second-order valence-electron chi connectivity index (χ2n) is 6.32. The number of hydrogen-bond acceptors (Lipinski definition) is 4. The van der Waals surface area contributed by atoms with Crippen LogP contribution in [0, 0.1) is 19.7 Å². The van der Waals surface area contributed by atoms with Crippen LogP contribution in [0.5, 0.6) is 0 Å². The predicted molar refractivity (Wildman–Crippen MR) is 107 cm³/mol. The van der Waals surface area contributed by atoms with Gasteiger partial charge in [-0.2, -0.15) is 0 Å². The number of aromatic nitrogens is 1. The Bertz CT molecular complexity index is 980. The maximum atomic E-state index is 13.6. The zero-order chi connectivity index (χ0) is 20.1. The zero-order valence-electron chi connectivity index (χ0n) is 15.7. The first-order chi connectivity index (χ1) is 13.5. The van der Waals surface area contributed by atoms with Crippen LogP contribution in [0.25, 0.3) is 5.00 Å². The van der Waals surface area contributed by atoms with Gasteiger partial charge in [0.05, 0.1) is 5.56 Å². The summed E-state index contributed by atoms with van der Waals surface area (Å²) in [6.07, 6.45) is 4.08. The Morgan fingerprint density at radius 1 is 1.14 bits per heavy atom. The van der Waals surface area contributed by atoms with Gasteiger partial charge in [-0.1, -0.05) is 18.2 Å². The smallest absolute Gasteiger partial charge is 0.341 e. The minimum Gasteiger partial charge on any atom is -0.452 e. The van der Waals surface area contributed by atoms with Crippen LogP contribution < -0.4 is 5.32 Å². The lowest BCUT2D eigenvalue weighted by atomic mass is 10.1. The summed E-state index contributed by atoms with van der Waals surface area (Å²) in [5.74, 6) is -1.25. The fourth-order valence-corrected chi connectivity index (χ4v) is 3.90. The van der Waals surface area contributed by atoms with Crippen LogP contribution in [0.4, 0.5) is 4.39 Å². The number of aryl methyl sites for hydroxylation is 1. The summed E-state index contributed by atoms with van der Waals surface area (Å²) in [5.41, 5.74) is 1.84. The van der Waals surface area contributed by atoms with E-state index in [1.807, 2.05) is 42.9 Å². The Labute approximate surface area is 166 Å². The Morgan fingerprint density at radius 3 is 2.57 bits per heavy atom. The number of esters is 1. The molecule has 0 saturated heterocycles. The molecule has 0 aliphatic carbocycles. The first-order valence-electron chi connectivity index (χ1n) is 8.88. The van der Waals surface area contributed by atoms with Crippen molar-refractivity contribution in [3.63, 3.8) is 0 Å². The van der Waals surface area contributed by atoms with E-state index in [4.69, 9.17) is 4.74 Å². The van der Waals surface area contributed by atoms with E-state index >= 15 is 0 Å². The van der Waals surface area contributed by atoms with Crippen LogP contribution in [-0.2, 0) is 16.0 Å². The van der Waals surface area contributed by atoms with Gasteiger partial charge in [0.25, 0.3) is 5.91 Å². The maximum absolute atomic E-state index is 13.6. The van der Waals surface area contributed by atoms with Crippen LogP contribution in [0.1, 0.15) is 26.4 Å². The molecule has 2 aromatic heterocycles. The Balaban J connectivity index is 1.56. The van der Waals surface area contributed by atoms with Crippen molar-refractivity contribution in [1.29, 1.82) is 0 Å². The maximum Gasteiger partial charge on any atom is 0.341 e. The van der Waals surface area contributed by atoms with Crippen molar-refractivity contribution in [3.05, 3.63) is 76.2 Å².